The molecule has 4 heteroatoms. The molecule has 0 fully saturated rings. The fraction of sp³-hybridized carbons (Fsp3) is 0. The molecule has 11 aromatic rings. The molecule has 0 bridgehead atoms. The highest BCUT2D eigenvalue weighted by atomic mass is 31.2. The molecule has 0 saturated heterocycles. The molecule has 9 aromatic carbocycles. The van der Waals surface area contributed by atoms with Crippen molar-refractivity contribution in [2.24, 2.45) is 0 Å². The van der Waals surface area contributed by atoms with Gasteiger partial charge in [0.2, 0.25) is 0 Å². The first-order chi connectivity index (χ1) is 29.1. The Morgan fingerprint density at radius 1 is 0.356 bits per heavy atom. The lowest BCUT2D eigenvalue weighted by Crippen LogP contribution is -2.24. The van der Waals surface area contributed by atoms with Gasteiger partial charge in [-0.15, -0.1) is 0 Å². The molecule has 0 aliphatic carbocycles. The molecule has 0 amide bonds. The fourth-order valence-electron chi connectivity index (χ4n) is 8.82. The smallest absolute Gasteiger partial charge is 0.171 e. The topological polar surface area (TPSA) is 34.9 Å². The van der Waals surface area contributed by atoms with Crippen molar-refractivity contribution in [2.45, 2.75) is 0 Å². The normalized spacial score (nSPS) is 11.8. The number of pyridine rings is 1. The van der Waals surface area contributed by atoms with Crippen molar-refractivity contribution in [3.05, 3.63) is 224 Å². The minimum absolute atomic E-state index is 0.819. The summed E-state index contributed by atoms with van der Waals surface area (Å²) in [7, 11) is -3.05. The predicted molar refractivity (Wildman–Crippen MR) is 249 cm³/mol. The van der Waals surface area contributed by atoms with Crippen molar-refractivity contribution >= 4 is 66.5 Å². The van der Waals surface area contributed by atoms with Crippen LogP contribution in [0.15, 0.2) is 224 Å². The maximum atomic E-state index is 15.0. The second-order valence-corrected chi connectivity index (χ2v) is 17.8. The molecule has 278 valence electrons. The van der Waals surface area contributed by atoms with Gasteiger partial charge in [-0.1, -0.05) is 194 Å². The molecule has 0 spiro atoms. The third-order valence-corrected chi connectivity index (χ3v) is 14.8. The maximum absolute atomic E-state index is 15.0. The van der Waals surface area contributed by atoms with E-state index in [0.717, 1.165) is 71.4 Å². The van der Waals surface area contributed by atoms with Gasteiger partial charge in [0.15, 0.2) is 7.14 Å². The van der Waals surface area contributed by atoms with Gasteiger partial charge in [0.1, 0.15) is 0 Å². The van der Waals surface area contributed by atoms with Crippen LogP contribution < -0.4 is 15.9 Å². The Hall–Kier alpha value is -7.32. The van der Waals surface area contributed by atoms with E-state index in [-0.39, 0.29) is 0 Å². The van der Waals surface area contributed by atoms with Gasteiger partial charge >= 0.3 is 0 Å². The van der Waals surface area contributed by atoms with E-state index in [1.54, 1.807) is 0 Å². The third kappa shape index (κ3) is 5.82. The summed E-state index contributed by atoms with van der Waals surface area (Å²) >= 11 is 0. The minimum atomic E-state index is -3.05. The van der Waals surface area contributed by atoms with Gasteiger partial charge < -0.3 is 9.13 Å². The maximum Gasteiger partial charge on any atom is 0.171 e. The van der Waals surface area contributed by atoms with Crippen LogP contribution >= 0.6 is 7.14 Å². The lowest BCUT2D eigenvalue weighted by Gasteiger charge is -2.20. The summed E-state index contributed by atoms with van der Waals surface area (Å²) in [5, 5.41) is 8.33. The highest BCUT2D eigenvalue weighted by Gasteiger charge is 2.29. The molecule has 11 rings (SSSR count). The standard InChI is InChI=1S/C55H37N2OP/c58-59(43-20-9-3-10-21-43,44-22-11-4-12-23-44)45-34-32-39(33-35-45)38-28-30-40(31-29-38)46-25-15-26-48-49-37-53-50(36-51(49)54(56-55(46)48)41-16-5-1-6-17-41)47-24-13-14-27-52(47)57(53)42-18-7-2-8-19-42/h1-37H. The number of fused-ring (bicyclic) bond motifs is 6. The second-order valence-electron chi connectivity index (χ2n) is 15.0. The van der Waals surface area contributed by atoms with Crippen LogP contribution in [0.1, 0.15) is 0 Å². The van der Waals surface area contributed by atoms with E-state index in [9.17, 15) is 4.57 Å². The summed E-state index contributed by atoms with van der Waals surface area (Å²) in [4.78, 5) is 5.53. The van der Waals surface area contributed by atoms with Crippen molar-refractivity contribution in [2.75, 3.05) is 0 Å². The first-order valence-corrected chi connectivity index (χ1v) is 21.7. The Morgan fingerprint density at radius 3 is 1.54 bits per heavy atom. The van der Waals surface area contributed by atoms with Crippen LogP contribution in [0, 0.1) is 0 Å². The van der Waals surface area contributed by atoms with Crippen LogP contribution in [-0.4, -0.2) is 9.55 Å². The molecule has 59 heavy (non-hydrogen) atoms. The summed E-state index contributed by atoms with van der Waals surface area (Å²) in [6.45, 7) is 0. The van der Waals surface area contributed by atoms with Crippen LogP contribution in [0.4, 0.5) is 0 Å². The van der Waals surface area contributed by atoms with Crippen LogP contribution in [0.25, 0.3) is 82.7 Å². The van der Waals surface area contributed by atoms with Crippen LogP contribution in [0.3, 0.4) is 0 Å². The monoisotopic (exact) mass is 772 g/mol. The molecule has 0 aliphatic heterocycles. The number of para-hydroxylation sites is 3. The highest BCUT2D eigenvalue weighted by Crippen LogP contribution is 2.44. The largest absolute Gasteiger partial charge is 0.309 e. The van der Waals surface area contributed by atoms with Crippen molar-refractivity contribution in [3.8, 4) is 39.2 Å². The van der Waals surface area contributed by atoms with E-state index >= 15 is 0 Å². The Morgan fingerprint density at radius 2 is 0.881 bits per heavy atom. The zero-order valence-corrected chi connectivity index (χ0v) is 33.0. The van der Waals surface area contributed by atoms with E-state index < -0.39 is 7.14 Å². The van der Waals surface area contributed by atoms with Gasteiger partial charge in [-0.3, -0.25) is 0 Å². The minimum Gasteiger partial charge on any atom is -0.309 e. The van der Waals surface area contributed by atoms with Gasteiger partial charge in [-0.25, -0.2) is 4.98 Å². The van der Waals surface area contributed by atoms with Crippen LogP contribution in [0.2, 0.25) is 0 Å². The van der Waals surface area contributed by atoms with Crippen LogP contribution in [0.5, 0.6) is 0 Å². The molecular weight excluding hydrogens is 736 g/mol. The van der Waals surface area contributed by atoms with E-state index in [0.29, 0.717) is 0 Å². The number of rotatable bonds is 7. The number of aromatic nitrogens is 2. The quantitative estimate of drug-likeness (QED) is 0.119. The molecule has 3 nitrogen and oxygen atoms in total. The number of hydrogen-bond donors (Lipinski definition) is 0. The first-order valence-electron chi connectivity index (χ1n) is 20.0. The molecule has 2 heterocycles. The van der Waals surface area contributed by atoms with Gasteiger partial charge in [0.25, 0.3) is 0 Å². The second kappa shape index (κ2) is 14.3. The van der Waals surface area contributed by atoms with Crippen molar-refractivity contribution in [3.63, 3.8) is 0 Å². The zero-order chi connectivity index (χ0) is 39.3. The summed E-state index contributed by atoms with van der Waals surface area (Å²) in [6, 6.07) is 77.8. The lowest BCUT2D eigenvalue weighted by atomic mass is 9.94. The molecule has 2 aromatic heterocycles. The summed E-state index contributed by atoms with van der Waals surface area (Å²) in [5.74, 6) is 0. The highest BCUT2D eigenvalue weighted by molar-refractivity contribution is 7.85. The Labute approximate surface area is 342 Å². The van der Waals surface area contributed by atoms with Gasteiger partial charge in [0, 0.05) is 54.3 Å². The van der Waals surface area contributed by atoms with Crippen molar-refractivity contribution in [1.82, 2.24) is 9.55 Å². The predicted octanol–water partition coefficient (Wildman–Crippen LogP) is 13.1. The van der Waals surface area contributed by atoms with Gasteiger partial charge in [-0.05, 0) is 52.4 Å². The third-order valence-electron chi connectivity index (χ3n) is 11.7. The molecule has 0 radical (unpaired) electrons. The van der Waals surface area contributed by atoms with Crippen LogP contribution in [-0.2, 0) is 4.57 Å². The zero-order valence-electron chi connectivity index (χ0n) is 32.1. The number of benzene rings is 9. The van der Waals surface area contributed by atoms with E-state index in [2.05, 4.69) is 156 Å². The number of nitrogens with zero attached hydrogens (tertiary/aromatic N) is 2. The van der Waals surface area contributed by atoms with E-state index in [4.69, 9.17) is 4.98 Å². The average Bonchev–Trinajstić information content (AvgIpc) is 3.64. The first kappa shape index (κ1) is 34.9. The molecule has 0 saturated carbocycles. The molecule has 0 aliphatic rings. The lowest BCUT2D eigenvalue weighted by molar-refractivity contribution is 0.592. The van der Waals surface area contributed by atoms with Gasteiger partial charge in [0.05, 0.1) is 22.2 Å². The summed E-state index contributed by atoms with van der Waals surface area (Å²) < 4.78 is 17.3. The van der Waals surface area contributed by atoms with Gasteiger partial charge in [-0.2, -0.15) is 0 Å². The van der Waals surface area contributed by atoms with E-state index in [1.807, 2.05) is 72.8 Å². The Kier molecular flexibility index (Phi) is 8.43. The Balaban J connectivity index is 1.04. The number of hydrogen-bond acceptors (Lipinski definition) is 2. The molecule has 0 N–H and O–H groups in total. The molecular formula is C55H37N2OP. The summed E-state index contributed by atoms with van der Waals surface area (Å²) in [6.07, 6.45) is 0. The summed E-state index contributed by atoms with van der Waals surface area (Å²) in [5.41, 5.74) is 10.8. The van der Waals surface area contributed by atoms with Crippen molar-refractivity contribution < 1.29 is 4.57 Å². The molecule has 0 unspecified atom stereocenters. The van der Waals surface area contributed by atoms with Crippen molar-refractivity contribution in [1.29, 1.82) is 0 Å². The van der Waals surface area contributed by atoms with E-state index in [1.165, 1.54) is 27.2 Å². The average molecular weight is 773 g/mol. The SMILES string of the molecule is O=P(c1ccccc1)(c1ccccc1)c1ccc(-c2ccc(-c3cccc4c3nc(-c3ccccc3)c3cc5c6ccccc6n(-c6ccccc6)c5cc34)cc2)cc1. The molecule has 0 atom stereocenters. The fourth-order valence-corrected chi connectivity index (χ4v) is 11.5. The Bertz CT molecular complexity index is 3320.